The van der Waals surface area contributed by atoms with Crippen LogP contribution in [0.5, 0.6) is 0 Å². The zero-order chi connectivity index (χ0) is 14.5. The lowest BCUT2D eigenvalue weighted by atomic mass is 10.1. The third kappa shape index (κ3) is 3.75. The fraction of sp³-hybridized carbons (Fsp3) is 0.188. The maximum atomic E-state index is 6.11. The standard InChI is InChI=1S/C16H16Cl2N2/c1-11-6-8-13(9-7-11)12(2)20-19-10-14-15(17)4-3-5-16(14)18/h3-9,19H,10H2,1-2H3/b20-12+. The Morgan fingerprint density at radius 2 is 1.65 bits per heavy atom. The molecule has 0 radical (unpaired) electrons. The van der Waals surface area contributed by atoms with Crippen molar-refractivity contribution < 1.29 is 0 Å². The zero-order valence-electron chi connectivity index (χ0n) is 11.5. The van der Waals surface area contributed by atoms with Gasteiger partial charge >= 0.3 is 0 Å². The molecule has 0 bridgehead atoms. The van der Waals surface area contributed by atoms with E-state index in [9.17, 15) is 0 Å². The molecule has 0 saturated heterocycles. The van der Waals surface area contributed by atoms with Gasteiger partial charge in [0.25, 0.3) is 0 Å². The first kappa shape index (κ1) is 14.9. The largest absolute Gasteiger partial charge is 0.305 e. The van der Waals surface area contributed by atoms with Gasteiger partial charge in [-0.05, 0) is 31.5 Å². The number of hydrogen-bond donors (Lipinski definition) is 1. The molecule has 0 aliphatic carbocycles. The molecule has 0 aliphatic rings. The highest BCUT2D eigenvalue weighted by Crippen LogP contribution is 2.23. The Kier molecular flexibility index (Phi) is 5.05. The topological polar surface area (TPSA) is 24.4 Å². The Morgan fingerprint density at radius 3 is 2.25 bits per heavy atom. The van der Waals surface area contributed by atoms with E-state index in [1.165, 1.54) is 5.56 Å². The van der Waals surface area contributed by atoms with Gasteiger partial charge in [0, 0.05) is 15.6 Å². The molecule has 4 heteroatoms. The summed E-state index contributed by atoms with van der Waals surface area (Å²) in [6, 6.07) is 13.7. The van der Waals surface area contributed by atoms with Crippen LogP contribution in [0.3, 0.4) is 0 Å². The van der Waals surface area contributed by atoms with Gasteiger partial charge in [-0.1, -0.05) is 59.1 Å². The molecule has 2 rings (SSSR count). The SMILES string of the molecule is C/C(=N\NCc1c(Cl)cccc1Cl)c1ccc(C)cc1. The van der Waals surface area contributed by atoms with E-state index in [0.29, 0.717) is 16.6 Å². The molecule has 0 spiro atoms. The number of benzene rings is 2. The van der Waals surface area contributed by atoms with Crippen LogP contribution >= 0.6 is 23.2 Å². The van der Waals surface area contributed by atoms with Crippen molar-refractivity contribution in [2.75, 3.05) is 0 Å². The van der Waals surface area contributed by atoms with E-state index in [2.05, 4.69) is 41.7 Å². The number of nitrogens with zero attached hydrogens (tertiary/aromatic N) is 1. The van der Waals surface area contributed by atoms with Crippen molar-refractivity contribution in [3.8, 4) is 0 Å². The molecular formula is C16H16Cl2N2. The molecule has 1 N–H and O–H groups in total. The highest BCUT2D eigenvalue weighted by Gasteiger charge is 2.04. The molecule has 0 fully saturated rings. The Morgan fingerprint density at radius 1 is 1.05 bits per heavy atom. The number of rotatable bonds is 4. The van der Waals surface area contributed by atoms with Crippen molar-refractivity contribution in [2.24, 2.45) is 5.10 Å². The van der Waals surface area contributed by atoms with Crippen LogP contribution in [0, 0.1) is 6.92 Å². The van der Waals surface area contributed by atoms with Crippen molar-refractivity contribution in [1.82, 2.24) is 5.43 Å². The fourth-order valence-corrected chi connectivity index (χ4v) is 2.33. The summed E-state index contributed by atoms with van der Waals surface area (Å²) in [6.45, 7) is 4.53. The van der Waals surface area contributed by atoms with Gasteiger partial charge in [0.2, 0.25) is 0 Å². The van der Waals surface area contributed by atoms with Gasteiger partial charge < -0.3 is 5.43 Å². The molecule has 0 aliphatic heterocycles. The van der Waals surface area contributed by atoms with Crippen molar-refractivity contribution in [3.05, 3.63) is 69.2 Å². The molecule has 2 aromatic rings. The molecule has 0 saturated carbocycles. The molecule has 0 aromatic heterocycles. The molecule has 0 unspecified atom stereocenters. The quantitative estimate of drug-likeness (QED) is 0.636. The van der Waals surface area contributed by atoms with Crippen molar-refractivity contribution in [2.45, 2.75) is 20.4 Å². The predicted molar refractivity (Wildman–Crippen MR) is 86.7 cm³/mol. The average molecular weight is 307 g/mol. The molecule has 0 amide bonds. The number of hydrogen-bond acceptors (Lipinski definition) is 2. The molecule has 20 heavy (non-hydrogen) atoms. The summed E-state index contributed by atoms with van der Waals surface area (Å²) < 4.78 is 0. The molecule has 2 aromatic carbocycles. The maximum Gasteiger partial charge on any atom is 0.0644 e. The van der Waals surface area contributed by atoms with Crippen molar-refractivity contribution in [1.29, 1.82) is 0 Å². The summed E-state index contributed by atoms with van der Waals surface area (Å²) >= 11 is 12.2. The first-order chi connectivity index (χ1) is 9.58. The Labute approximate surface area is 129 Å². The normalized spacial score (nSPS) is 11.5. The molecule has 104 valence electrons. The second kappa shape index (κ2) is 6.78. The van der Waals surface area contributed by atoms with Gasteiger partial charge in [0.05, 0.1) is 12.3 Å². The summed E-state index contributed by atoms with van der Waals surface area (Å²) in [5, 5.41) is 5.64. The van der Waals surface area contributed by atoms with E-state index in [-0.39, 0.29) is 0 Å². The maximum absolute atomic E-state index is 6.11. The average Bonchev–Trinajstić information content (AvgIpc) is 2.42. The monoisotopic (exact) mass is 306 g/mol. The van der Waals surface area contributed by atoms with Crippen LogP contribution in [0.1, 0.15) is 23.6 Å². The van der Waals surface area contributed by atoms with E-state index in [1.807, 2.05) is 25.1 Å². The number of halogens is 2. The van der Waals surface area contributed by atoms with Gasteiger partial charge in [-0.25, -0.2) is 0 Å². The van der Waals surface area contributed by atoms with Crippen LogP contribution in [0.2, 0.25) is 10.0 Å². The first-order valence-corrected chi connectivity index (χ1v) is 7.10. The predicted octanol–water partition coefficient (Wildman–Crippen LogP) is 4.82. The second-order valence-electron chi connectivity index (χ2n) is 4.60. The Hall–Kier alpha value is -1.51. The second-order valence-corrected chi connectivity index (χ2v) is 5.41. The third-order valence-electron chi connectivity index (χ3n) is 3.03. The Bertz CT molecular complexity index is 599. The Balaban J connectivity index is 2.04. The lowest BCUT2D eigenvalue weighted by Gasteiger charge is -2.07. The minimum Gasteiger partial charge on any atom is -0.305 e. The number of hydrazone groups is 1. The number of nitrogens with one attached hydrogen (secondary N) is 1. The highest BCUT2D eigenvalue weighted by molar-refractivity contribution is 6.35. The van der Waals surface area contributed by atoms with Gasteiger partial charge in [0.15, 0.2) is 0 Å². The van der Waals surface area contributed by atoms with Crippen LogP contribution in [0.15, 0.2) is 47.6 Å². The van der Waals surface area contributed by atoms with Crippen LogP contribution in [0.25, 0.3) is 0 Å². The van der Waals surface area contributed by atoms with Crippen LogP contribution in [-0.2, 0) is 6.54 Å². The lowest BCUT2D eigenvalue weighted by Crippen LogP contribution is -2.10. The van der Waals surface area contributed by atoms with E-state index < -0.39 is 0 Å². The van der Waals surface area contributed by atoms with E-state index >= 15 is 0 Å². The summed E-state index contributed by atoms with van der Waals surface area (Å²) in [4.78, 5) is 0. The molecule has 0 heterocycles. The fourth-order valence-electron chi connectivity index (χ4n) is 1.80. The highest BCUT2D eigenvalue weighted by atomic mass is 35.5. The smallest absolute Gasteiger partial charge is 0.0644 e. The first-order valence-electron chi connectivity index (χ1n) is 6.35. The molecular weight excluding hydrogens is 291 g/mol. The van der Waals surface area contributed by atoms with Gasteiger partial charge in [-0.3, -0.25) is 0 Å². The summed E-state index contributed by atoms with van der Waals surface area (Å²) in [5.74, 6) is 0. The lowest BCUT2D eigenvalue weighted by molar-refractivity contribution is 0.744. The molecule has 0 atom stereocenters. The van der Waals surface area contributed by atoms with Gasteiger partial charge in [0.1, 0.15) is 0 Å². The van der Waals surface area contributed by atoms with E-state index in [1.54, 1.807) is 0 Å². The molecule has 2 nitrogen and oxygen atoms in total. The minimum atomic E-state index is 0.502. The minimum absolute atomic E-state index is 0.502. The van der Waals surface area contributed by atoms with Crippen molar-refractivity contribution in [3.63, 3.8) is 0 Å². The van der Waals surface area contributed by atoms with E-state index in [0.717, 1.165) is 16.8 Å². The van der Waals surface area contributed by atoms with Crippen molar-refractivity contribution >= 4 is 28.9 Å². The summed E-state index contributed by atoms with van der Waals surface area (Å²) in [5.41, 5.74) is 7.12. The summed E-state index contributed by atoms with van der Waals surface area (Å²) in [6.07, 6.45) is 0. The number of aryl methyl sites for hydroxylation is 1. The zero-order valence-corrected chi connectivity index (χ0v) is 13.0. The van der Waals surface area contributed by atoms with Crippen LogP contribution < -0.4 is 5.43 Å². The van der Waals surface area contributed by atoms with Gasteiger partial charge in [-0.2, -0.15) is 5.10 Å². The van der Waals surface area contributed by atoms with Crippen LogP contribution in [-0.4, -0.2) is 5.71 Å². The van der Waals surface area contributed by atoms with Crippen LogP contribution in [0.4, 0.5) is 0 Å². The van der Waals surface area contributed by atoms with E-state index in [4.69, 9.17) is 23.2 Å². The third-order valence-corrected chi connectivity index (χ3v) is 3.74. The van der Waals surface area contributed by atoms with Gasteiger partial charge in [-0.15, -0.1) is 0 Å². The summed E-state index contributed by atoms with van der Waals surface area (Å²) in [7, 11) is 0.